The van der Waals surface area contributed by atoms with Crippen LogP contribution in [-0.2, 0) is 11.3 Å². The first-order valence-corrected chi connectivity index (χ1v) is 10.4. The molecule has 0 spiro atoms. The highest BCUT2D eigenvalue weighted by Gasteiger charge is 2.25. The van der Waals surface area contributed by atoms with Crippen molar-refractivity contribution < 1.29 is 9.18 Å². The molecule has 1 heterocycles. The van der Waals surface area contributed by atoms with E-state index in [1.807, 2.05) is 30.3 Å². The molecule has 6 heteroatoms. The minimum absolute atomic E-state index is 0.0500. The third-order valence-corrected chi connectivity index (χ3v) is 5.92. The monoisotopic (exact) mass is 423 g/mol. The van der Waals surface area contributed by atoms with E-state index >= 15 is 0 Å². The number of amides is 1. The minimum Gasteiger partial charge on any atom is -0.299 e. The van der Waals surface area contributed by atoms with Gasteiger partial charge in [-0.1, -0.05) is 60.1 Å². The van der Waals surface area contributed by atoms with Gasteiger partial charge in [0, 0.05) is 23.0 Å². The normalized spacial score (nSPS) is 15.7. The van der Waals surface area contributed by atoms with Gasteiger partial charge in [-0.15, -0.1) is 0 Å². The Bertz CT molecular complexity index is 1070. The first-order chi connectivity index (χ1) is 14.6. The molecule has 30 heavy (non-hydrogen) atoms. The molecule has 0 aliphatic carbocycles. The number of nitrogens with zero attached hydrogens (tertiary/aromatic N) is 2. The van der Waals surface area contributed by atoms with Gasteiger partial charge in [0.1, 0.15) is 5.82 Å². The third kappa shape index (κ3) is 4.86. The minimum atomic E-state index is -0.330. The number of hydrazone groups is 1. The van der Waals surface area contributed by atoms with Crippen LogP contribution in [0.25, 0.3) is 10.8 Å². The van der Waals surface area contributed by atoms with Gasteiger partial charge in [0.15, 0.2) is 0 Å². The first-order valence-electron chi connectivity index (χ1n) is 10.1. The van der Waals surface area contributed by atoms with Gasteiger partial charge in [-0.3, -0.25) is 9.69 Å². The number of benzene rings is 3. The van der Waals surface area contributed by atoms with E-state index < -0.39 is 0 Å². The van der Waals surface area contributed by atoms with E-state index in [-0.39, 0.29) is 17.6 Å². The van der Waals surface area contributed by atoms with Crippen molar-refractivity contribution in [3.05, 3.63) is 82.6 Å². The van der Waals surface area contributed by atoms with Crippen LogP contribution in [0.3, 0.4) is 0 Å². The fraction of sp³-hybridized carbons (Fsp3) is 0.250. The predicted molar refractivity (Wildman–Crippen MR) is 119 cm³/mol. The molecule has 4 rings (SSSR count). The molecule has 1 aliphatic rings. The summed E-state index contributed by atoms with van der Waals surface area (Å²) in [7, 11) is 0. The maximum absolute atomic E-state index is 13.2. The van der Waals surface area contributed by atoms with E-state index in [1.54, 1.807) is 12.3 Å². The third-order valence-electron chi connectivity index (χ3n) is 5.57. The number of hydrogen-bond donors (Lipinski definition) is 1. The van der Waals surface area contributed by atoms with E-state index in [1.165, 1.54) is 12.1 Å². The van der Waals surface area contributed by atoms with Gasteiger partial charge in [-0.25, -0.2) is 9.82 Å². The lowest BCUT2D eigenvalue weighted by atomic mass is 9.96. The van der Waals surface area contributed by atoms with Gasteiger partial charge in [0.25, 0.3) is 0 Å². The summed E-state index contributed by atoms with van der Waals surface area (Å²) in [5, 5.41) is 6.87. The average molecular weight is 424 g/mol. The van der Waals surface area contributed by atoms with Crippen molar-refractivity contribution in [2.75, 3.05) is 13.1 Å². The zero-order valence-electron chi connectivity index (χ0n) is 16.5. The number of nitrogens with one attached hydrogen (secondary N) is 1. The number of carbonyl (C=O) groups excluding carboxylic acids is 1. The van der Waals surface area contributed by atoms with Crippen molar-refractivity contribution >= 4 is 34.5 Å². The van der Waals surface area contributed by atoms with Crippen LogP contribution in [0.5, 0.6) is 0 Å². The van der Waals surface area contributed by atoms with E-state index in [4.69, 9.17) is 11.6 Å². The molecule has 1 saturated heterocycles. The number of piperidine rings is 1. The van der Waals surface area contributed by atoms with E-state index in [0.29, 0.717) is 11.6 Å². The number of halogens is 2. The van der Waals surface area contributed by atoms with E-state index in [9.17, 15) is 9.18 Å². The maximum Gasteiger partial charge on any atom is 0.243 e. The van der Waals surface area contributed by atoms with Crippen molar-refractivity contribution in [2.24, 2.45) is 11.0 Å². The summed E-state index contributed by atoms with van der Waals surface area (Å²) in [4.78, 5) is 14.7. The van der Waals surface area contributed by atoms with Crippen molar-refractivity contribution in [1.29, 1.82) is 0 Å². The van der Waals surface area contributed by atoms with E-state index in [0.717, 1.165) is 47.8 Å². The van der Waals surface area contributed by atoms with Gasteiger partial charge in [-0.05, 0) is 54.4 Å². The molecule has 1 amide bonds. The first kappa shape index (κ1) is 20.5. The second-order valence-electron chi connectivity index (χ2n) is 7.59. The van der Waals surface area contributed by atoms with Crippen LogP contribution in [0.4, 0.5) is 4.39 Å². The second-order valence-corrected chi connectivity index (χ2v) is 8.00. The molecule has 0 atom stereocenters. The summed E-state index contributed by atoms with van der Waals surface area (Å²) < 4.78 is 13.2. The lowest BCUT2D eigenvalue weighted by Gasteiger charge is -2.31. The highest BCUT2D eigenvalue weighted by atomic mass is 35.5. The Morgan fingerprint density at radius 2 is 1.90 bits per heavy atom. The molecule has 1 N–H and O–H groups in total. The molecule has 0 bridgehead atoms. The van der Waals surface area contributed by atoms with Gasteiger partial charge in [0.05, 0.1) is 6.21 Å². The molecule has 4 nitrogen and oxygen atoms in total. The number of likely N-dealkylation sites (tertiary alicyclic amines) is 1. The summed E-state index contributed by atoms with van der Waals surface area (Å²) in [6.45, 7) is 2.24. The quantitative estimate of drug-likeness (QED) is 0.464. The van der Waals surface area contributed by atoms with Gasteiger partial charge in [-0.2, -0.15) is 5.10 Å². The summed E-state index contributed by atoms with van der Waals surface area (Å²) in [5.74, 6) is -0.441. The van der Waals surface area contributed by atoms with Crippen LogP contribution in [0.1, 0.15) is 24.0 Å². The summed E-state index contributed by atoms with van der Waals surface area (Å²) in [6.07, 6.45) is 3.22. The fourth-order valence-corrected chi connectivity index (χ4v) is 4.09. The summed E-state index contributed by atoms with van der Waals surface area (Å²) in [5.41, 5.74) is 4.57. The van der Waals surface area contributed by atoms with Crippen LogP contribution < -0.4 is 5.43 Å². The Hall–Kier alpha value is -2.76. The zero-order chi connectivity index (χ0) is 20.9. The summed E-state index contributed by atoms with van der Waals surface area (Å²) >= 11 is 6.13. The highest BCUT2D eigenvalue weighted by molar-refractivity contribution is 6.31. The van der Waals surface area contributed by atoms with Crippen LogP contribution >= 0.6 is 11.6 Å². The molecule has 0 saturated carbocycles. The smallest absolute Gasteiger partial charge is 0.243 e. The molecule has 154 valence electrons. The van der Waals surface area contributed by atoms with E-state index in [2.05, 4.69) is 27.6 Å². The maximum atomic E-state index is 13.2. The molecule has 0 aromatic heterocycles. The molecule has 0 unspecified atom stereocenters. The number of hydrogen-bond acceptors (Lipinski definition) is 3. The largest absolute Gasteiger partial charge is 0.299 e. The molecule has 3 aromatic rings. The molecular formula is C24H23ClFN3O. The van der Waals surface area contributed by atoms with Gasteiger partial charge < -0.3 is 0 Å². The predicted octanol–water partition coefficient (Wildman–Crippen LogP) is 4.99. The second kappa shape index (κ2) is 9.37. The number of rotatable bonds is 5. The van der Waals surface area contributed by atoms with Gasteiger partial charge in [0.2, 0.25) is 5.91 Å². The Morgan fingerprint density at radius 3 is 2.70 bits per heavy atom. The zero-order valence-corrected chi connectivity index (χ0v) is 17.3. The average Bonchev–Trinajstić information content (AvgIpc) is 2.76. The standard InChI is InChI=1S/C24H23ClFN3O/c25-23-14-21(26)9-8-20(23)16-29-12-10-18(11-13-29)24(30)28-27-15-19-6-3-5-17-4-1-2-7-22(17)19/h1-9,14-15,18H,10-13,16H2,(H,28,30)/b27-15+. The van der Waals surface area contributed by atoms with Crippen LogP contribution in [-0.4, -0.2) is 30.1 Å². The van der Waals surface area contributed by atoms with Crippen LogP contribution in [0.2, 0.25) is 5.02 Å². The van der Waals surface area contributed by atoms with Crippen LogP contribution in [0, 0.1) is 11.7 Å². The Labute approximate surface area is 180 Å². The Balaban J connectivity index is 1.29. The van der Waals surface area contributed by atoms with Crippen molar-refractivity contribution in [1.82, 2.24) is 10.3 Å². The highest BCUT2D eigenvalue weighted by Crippen LogP contribution is 2.23. The molecule has 0 radical (unpaired) electrons. The Kier molecular flexibility index (Phi) is 6.41. The van der Waals surface area contributed by atoms with Crippen molar-refractivity contribution in [3.63, 3.8) is 0 Å². The van der Waals surface area contributed by atoms with Crippen molar-refractivity contribution in [3.8, 4) is 0 Å². The van der Waals surface area contributed by atoms with Gasteiger partial charge >= 0.3 is 0 Å². The molecule has 1 fully saturated rings. The molecule has 3 aromatic carbocycles. The number of carbonyl (C=O) groups is 1. The van der Waals surface area contributed by atoms with Crippen molar-refractivity contribution in [2.45, 2.75) is 19.4 Å². The SMILES string of the molecule is O=C(N/N=C/c1cccc2ccccc12)C1CCN(Cc2ccc(F)cc2Cl)CC1. The van der Waals surface area contributed by atoms with Crippen LogP contribution in [0.15, 0.2) is 65.8 Å². The fourth-order valence-electron chi connectivity index (χ4n) is 3.86. The lowest BCUT2D eigenvalue weighted by molar-refractivity contribution is -0.126. The molecular weight excluding hydrogens is 401 g/mol. The lowest BCUT2D eigenvalue weighted by Crippen LogP contribution is -2.39. The molecule has 1 aliphatic heterocycles. The Morgan fingerprint density at radius 1 is 1.13 bits per heavy atom. The summed E-state index contributed by atoms with van der Waals surface area (Å²) in [6, 6.07) is 18.6. The topological polar surface area (TPSA) is 44.7 Å². The number of fused-ring (bicyclic) bond motifs is 1.